The molecule has 0 saturated carbocycles. The molecule has 1 unspecified atom stereocenters. The van der Waals surface area contributed by atoms with Crippen molar-refractivity contribution in [2.45, 2.75) is 19.4 Å². The Labute approximate surface area is 87.4 Å². The summed E-state index contributed by atoms with van der Waals surface area (Å²) in [4.78, 5) is 11.4. The van der Waals surface area contributed by atoms with Crippen molar-refractivity contribution in [3.05, 3.63) is 41.7 Å². The number of hydrogen-bond acceptors (Lipinski definition) is 2. The van der Waals surface area contributed by atoms with Crippen LogP contribution in [0.5, 0.6) is 0 Å². The smallest absolute Gasteiger partial charge is 0.235 e. The second-order valence-electron chi connectivity index (χ2n) is 3.39. The molecule has 15 heavy (non-hydrogen) atoms. The van der Waals surface area contributed by atoms with E-state index in [0.29, 0.717) is 12.0 Å². The summed E-state index contributed by atoms with van der Waals surface area (Å²) in [7, 11) is 0. The molecule has 1 atom stereocenters. The standard InChI is InChI=1S/C12H11FO2/c1-2-9-11(14)10(13)12(15-9)8-6-4-3-5-7-8/h3-7,9H,2H2,1H3. The van der Waals surface area contributed by atoms with Crippen molar-refractivity contribution in [2.75, 3.05) is 0 Å². The van der Waals surface area contributed by atoms with Gasteiger partial charge in [-0.05, 0) is 6.42 Å². The summed E-state index contributed by atoms with van der Waals surface area (Å²) < 4.78 is 18.8. The lowest BCUT2D eigenvalue weighted by Crippen LogP contribution is -2.15. The highest BCUT2D eigenvalue weighted by atomic mass is 19.1. The number of ketones is 1. The maximum absolute atomic E-state index is 13.5. The molecule has 1 heterocycles. The summed E-state index contributed by atoms with van der Waals surface area (Å²) >= 11 is 0. The maximum atomic E-state index is 13.5. The number of hydrogen-bond donors (Lipinski definition) is 0. The van der Waals surface area contributed by atoms with E-state index in [1.165, 1.54) is 0 Å². The van der Waals surface area contributed by atoms with E-state index in [1.54, 1.807) is 31.2 Å². The molecule has 0 aromatic heterocycles. The first-order valence-electron chi connectivity index (χ1n) is 4.90. The Morgan fingerprint density at radius 3 is 2.53 bits per heavy atom. The van der Waals surface area contributed by atoms with Gasteiger partial charge in [-0.25, -0.2) is 0 Å². The lowest BCUT2D eigenvalue weighted by Gasteiger charge is -2.08. The van der Waals surface area contributed by atoms with E-state index in [0.717, 1.165) is 0 Å². The van der Waals surface area contributed by atoms with Crippen LogP contribution in [0.3, 0.4) is 0 Å². The van der Waals surface area contributed by atoms with E-state index in [2.05, 4.69) is 0 Å². The molecule has 0 spiro atoms. The minimum atomic E-state index is -0.756. The number of Topliss-reactive ketones (excluding diaryl/α,β-unsaturated/α-hetero) is 1. The van der Waals surface area contributed by atoms with Crippen LogP contribution in [-0.4, -0.2) is 11.9 Å². The number of benzene rings is 1. The fourth-order valence-electron chi connectivity index (χ4n) is 1.55. The molecule has 78 valence electrons. The molecular formula is C12H11FO2. The van der Waals surface area contributed by atoms with Crippen LogP contribution in [0.2, 0.25) is 0 Å². The summed E-state index contributed by atoms with van der Waals surface area (Å²) in [5, 5.41) is 0. The van der Waals surface area contributed by atoms with E-state index in [-0.39, 0.29) is 5.76 Å². The van der Waals surface area contributed by atoms with Crippen LogP contribution in [0.1, 0.15) is 18.9 Å². The highest BCUT2D eigenvalue weighted by Crippen LogP contribution is 2.31. The Hall–Kier alpha value is -1.64. The highest BCUT2D eigenvalue weighted by molar-refractivity contribution is 6.05. The zero-order valence-corrected chi connectivity index (χ0v) is 8.37. The molecule has 3 heteroatoms. The molecule has 0 amide bonds. The molecule has 2 rings (SSSR count). The van der Waals surface area contributed by atoms with Crippen molar-refractivity contribution >= 4 is 11.5 Å². The average molecular weight is 206 g/mol. The largest absolute Gasteiger partial charge is 0.478 e. The normalized spacial score (nSPS) is 20.7. The van der Waals surface area contributed by atoms with Gasteiger partial charge in [-0.2, -0.15) is 4.39 Å². The number of carbonyl (C=O) groups excluding carboxylic acids is 1. The summed E-state index contributed by atoms with van der Waals surface area (Å²) in [5.74, 6) is -1.23. The topological polar surface area (TPSA) is 26.3 Å². The van der Waals surface area contributed by atoms with Gasteiger partial charge in [-0.3, -0.25) is 4.79 Å². The summed E-state index contributed by atoms with van der Waals surface area (Å²) in [6, 6.07) is 8.84. The van der Waals surface area contributed by atoms with Crippen LogP contribution >= 0.6 is 0 Å². The van der Waals surface area contributed by atoms with Gasteiger partial charge in [0.15, 0.2) is 11.9 Å². The van der Waals surface area contributed by atoms with E-state index in [4.69, 9.17) is 4.74 Å². The molecule has 0 N–H and O–H groups in total. The zero-order valence-electron chi connectivity index (χ0n) is 8.37. The molecule has 0 fully saturated rings. The van der Waals surface area contributed by atoms with Gasteiger partial charge in [0.25, 0.3) is 0 Å². The monoisotopic (exact) mass is 206 g/mol. The van der Waals surface area contributed by atoms with Crippen molar-refractivity contribution in [1.82, 2.24) is 0 Å². The third-order valence-corrected chi connectivity index (χ3v) is 2.37. The third kappa shape index (κ3) is 1.65. The Morgan fingerprint density at radius 2 is 2.00 bits per heavy atom. The van der Waals surface area contributed by atoms with Gasteiger partial charge < -0.3 is 4.74 Å². The lowest BCUT2D eigenvalue weighted by molar-refractivity contribution is -0.122. The molecule has 0 aliphatic carbocycles. The number of halogens is 1. The molecule has 0 radical (unpaired) electrons. The number of carbonyl (C=O) groups is 1. The highest BCUT2D eigenvalue weighted by Gasteiger charge is 2.34. The van der Waals surface area contributed by atoms with Crippen molar-refractivity contribution in [2.24, 2.45) is 0 Å². The van der Waals surface area contributed by atoms with Crippen molar-refractivity contribution in [1.29, 1.82) is 0 Å². The predicted molar refractivity (Wildman–Crippen MR) is 54.6 cm³/mol. The fraction of sp³-hybridized carbons (Fsp3) is 0.250. The van der Waals surface area contributed by atoms with Gasteiger partial charge >= 0.3 is 0 Å². The van der Waals surface area contributed by atoms with Crippen LogP contribution < -0.4 is 0 Å². The summed E-state index contributed by atoms with van der Waals surface area (Å²) in [6.07, 6.45) is -0.164. The van der Waals surface area contributed by atoms with E-state index in [1.807, 2.05) is 6.07 Å². The van der Waals surface area contributed by atoms with Gasteiger partial charge in [-0.1, -0.05) is 37.3 Å². The van der Waals surface area contributed by atoms with E-state index >= 15 is 0 Å². The summed E-state index contributed by atoms with van der Waals surface area (Å²) in [6.45, 7) is 1.80. The second-order valence-corrected chi connectivity index (χ2v) is 3.39. The first-order valence-corrected chi connectivity index (χ1v) is 4.90. The molecule has 0 saturated heterocycles. The Morgan fingerprint density at radius 1 is 1.33 bits per heavy atom. The first-order chi connectivity index (χ1) is 7.24. The first kappa shape index (κ1) is 9.90. The van der Waals surface area contributed by atoms with Gasteiger partial charge in [0.05, 0.1) is 0 Å². The minimum Gasteiger partial charge on any atom is -0.478 e. The number of rotatable bonds is 2. The van der Waals surface area contributed by atoms with Gasteiger partial charge in [0, 0.05) is 5.56 Å². The number of ether oxygens (including phenoxy) is 1. The SMILES string of the molecule is CCC1OC(c2ccccc2)=C(F)C1=O. The van der Waals surface area contributed by atoms with Crippen LogP contribution in [0, 0.1) is 0 Å². The fourth-order valence-corrected chi connectivity index (χ4v) is 1.55. The second kappa shape index (κ2) is 3.85. The van der Waals surface area contributed by atoms with E-state index in [9.17, 15) is 9.18 Å². The van der Waals surface area contributed by atoms with Crippen LogP contribution in [0.25, 0.3) is 5.76 Å². The molecular weight excluding hydrogens is 195 g/mol. The van der Waals surface area contributed by atoms with Gasteiger partial charge in [0.1, 0.15) is 0 Å². The quantitative estimate of drug-likeness (QED) is 0.743. The third-order valence-electron chi connectivity index (χ3n) is 2.37. The van der Waals surface area contributed by atoms with Gasteiger partial charge in [-0.15, -0.1) is 0 Å². The molecule has 1 aromatic rings. The predicted octanol–water partition coefficient (Wildman–Crippen LogP) is 2.70. The maximum Gasteiger partial charge on any atom is 0.235 e. The average Bonchev–Trinajstić information content (AvgIpc) is 2.57. The van der Waals surface area contributed by atoms with Crippen LogP contribution in [-0.2, 0) is 9.53 Å². The van der Waals surface area contributed by atoms with Crippen LogP contribution in [0.4, 0.5) is 4.39 Å². The lowest BCUT2D eigenvalue weighted by atomic mass is 10.1. The summed E-state index contributed by atoms with van der Waals surface area (Å²) in [5.41, 5.74) is 0.610. The van der Waals surface area contributed by atoms with Crippen LogP contribution in [0.15, 0.2) is 36.2 Å². The minimum absolute atomic E-state index is 0.0763. The van der Waals surface area contributed by atoms with E-state index < -0.39 is 17.7 Å². The molecule has 1 aliphatic heterocycles. The molecule has 0 bridgehead atoms. The Balaban J connectivity index is 2.36. The molecule has 1 aliphatic rings. The van der Waals surface area contributed by atoms with Gasteiger partial charge in [0.2, 0.25) is 11.6 Å². The zero-order chi connectivity index (χ0) is 10.8. The van der Waals surface area contributed by atoms with Crippen molar-refractivity contribution in [3.63, 3.8) is 0 Å². The Kier molecular flexibility index (Phi) is 2.54. The van der Waals surface area contributed by atoms with Crippen molar-refractivity contribution < 1.29 is 13.9 Å². The Bertz CT molecular complexity index is 409. The van der Waals surface area contributed by atoms with Crippen molar-refractivity contribution in [3.8, 4) is 0 Å². The molecule has 2 nitrogen and oxygen atoms in total. The molecule has 1 aromatic carbocycles.